The lowest BCUT2D eigenvalue weighted by atomic mass is 10.1. The van der Waals surface area contributed by atoms with Crippen LogP contribution in [0.3, 0.4) is 0 Å². The average molecular weight is 462 g/mol. The SMILES string of the molecule is Cn1cc(-c2nc(-c3ccc(N4CCOCC4)cc3)cc3c(=O)n([Si](C)CO)cnc23)cn1. The zero-order chi connectivity index (χ0) is 22.9. The van der Waals surface area contributed by atoms with E-state index >= 15 is 0 Å². The number of fused-ring (bicyclic) bond motifs is 1. The molecule has 4 aromatic rings. The van der Waals surface area contributed by atoms with E-state index in [0.717, 1.165) is 43.1 Å². The fourth-order valence-electron chi connectivity index (χ4n) is 4.04. The summed E-state index contributed by atoms with van der Waals surface area (Å²) in [5.41, 5.74) is 4.53. The van der Waals surface area contributed by atoms with Crippen molar-refractivity contribution in [3.63, 3.8) is 0 Å². The summed E-state index contributed by atoms with van der Waals surface area (Å²) in [7, 11) is 0.391. The van der Waals surface area contributed by atoms with Crippen molar-refractivity contribution in [1.29, 1.82) is 0 Å². The van der Waals surface area contributed by atoms with E-state index in [2.05, 4.69) is 27.1 Å². The third kappa shape index (κ3) is 4.08. The smallest absolute Gasteiger partial charge is 0.253 e. The van der Waals surface area contributed by atoms with Gasteiger partial charge in [0.1, 0.15) is 11.2 Å². The molecule has 1 saturated heterocycles. The number of aryl methyl sites for hydroxylation is 1. The van der Waals surface area contributed by atoms with E-state index in [9.17, 15) is 9.90 Å². The summed E-state index contributed by atoms with van der Waals surface area (Å²) in [4.78, 5) is 25.1. The summed E-state index contributed by atoms with van der Waals surface area (Å²) in [5.74, 6) is 0. The van der Waals surface area contributed by atoms with Crippen LogP contribution in [0.4, 0.5) is 5.69 Å². The van der Waals surface area contributed by atoms with Crippen molar-refractivity contribution in [2.45, 2.75) is 6.55 Å². The van der Waals surface area contributed by atoms with Crippen molar-refractivity contribution in [3.05, 3.63) is 59.4 Å². The van der Waals surface area contributed by atoms with Crippen LogP contribution >= 0.6 is 0 Å². The maximum atomic E-state index is 13.3. The largest absolute Gasteiger partial charge is 0.398 e. The Balaban J connectivity index is 1.65. The molecule has 1 fully saturated rings. The first-order valence-corrected chi connectivity index (χ1v) is 13.0. The van der Waals surface area contributed by atoms with Gasteiger partial charge in [-0.05, 0) is 24.7 Å². The minimum absolute atomic E-state index is 0.0475. The highest BCUT2D eigenvalue weighted by molar-refractivity contribution is 6.55. The van der Waals surface area contributed by atoms with Gasteiger partial charge in [0.2, 0.25) is 8.96 Å². The maximum Gasteiger partial charge on any atom is 0.253 e. The van der Waals surface area contributed by atoms with E-state index < -0.39 is 8.96 Å². The second-order valence-electron chi connectivity index (χ2n) is 8.11. The zero-order valence-electron chi connectivity index (χ0n) is 18.6. The third-order valence-corrected chi connectivity index (χ3v) is 7.50. The minimum Gasteiger partial charge on any atom is -0.398 e. The van der Waals surface area contributed by atoms with Gasteiger partial charge in [-0.2, -0.15) is 5.10 Å². The Hall–Kier alpha value is -3.34. The van der Waals surface area contributed by atoms with Crippen LogP contribution in [0.25, 0.3) is 33.4 Å². The highest BCUT2D eigenvalue weighted by Crippen LogP contribution is 2.29. The first-order valence-electron chi connectivity index (χ1n) is 10.8. The molecule has 0 aliphatic carbocycles. The molecule has 4 heterocycles. The number of anilines is 1. The molecule has 1 radical (unpaired) electrons. The van der Waals surface area contributed by atoms with Gasteiger partial charge in [-0.15, -0.1) is 0 Å². The molecule has 10 heteroatoms. The van der Waals surface area contributed by atoms with Crippen LogP contribution in [-0.2, 0) is 11.8 Å². The first kappa shape index (κ1) is 21.5. The monoisotopic (exact) mass is 461 g/mol. The summed E-state index contributed by atoms with van der Waals surface area (Å²) < 4.78 is 8.71. The number of rotatable bonds is 5. The molecule has 33 heavy (non-hydrogen) atoms. The van der Waals surface area contributed by atoms with Crippen LogP contribution in [-0.4, -0.2) is 70.6 Å². The highest BCUT2D eigenvalue weighted by Gasteiger charge is 2.18. The van der Waals surface area contributed by atoms with Crippen LogP contribution in [0, 0.1) is 0 Å². The summed E-state index contributed by atoms with van der Waals surface area (Å²) in [6.45, 7) is 5.09. The molecule has 1 aromatic carbocycles. The van der Waals surface area contributed by atoms with Gasteiger partial charge in [-0.25, -0.2) is 9.97 Å². The van der Waals surface area contributed by atoms with Gasteiger partial charge in [0.05, 0.1) is 43.0 Å². The number of hydrogen-bond acceptors (Lipinski definition) is 7. The number of aromatic nitrogens is 5. The van der Waals surface area contributed by atoms with Gasteiger partial charge in [0.25, 0.3) is 5.56 Å². The summed E-state index contributed by atoms with van der Waals surface area (Å²) >= 11 is 0. The molecule has 3 aromatic heterocycles. The Bertz CT molecular complexity index is 1340. The predicted molar refractivity (Wildman–Crippen MR) is 129 cm³/mol. The lowest BCUT2D eigenvalue weighted by molar-refractivity contribution is 0.122. The van der Waals surface area contributed by atoms with Gasteiger partial charge in [-0.3, -0.25) is 9.48 Å². The van der Waals surface area contributed by atoms with Crippen LogP contribution < -0.4 is 10.5 Å². The van der Waals surface area contributed by atoms with Gasteiger partial charge < -0.3 is 19.0 Å². The topological polar surface area (TPSA) is 98.3 Å². The van der Waals surface area contributed by atoms with E-state index in [4.69, 9.17) is 9.72 Å². The molecular formula is C23H25N6O3Si. The maximum absolute atomic E-state index is 13.3. The Morgan fingerprint density at radius 3 is 2.58 bits per heavy atom. The van der Waals surface area contributed by atoms with Gasteiger partial charge >= 0.3 is 0 Å². The van der Waals surface area contributed by atoms with Gasteiger partial charge in [0.15, 0.2) is 0 Å². The van der Waals surface area contributed by atoms with Crippen molar-refractivity contribution in [3.8, 4) is 22.5 Å². The molecule has 5 rings (SSSR count). The molecule has 1 aliphatic heterocycles. The number of aliphatic hydroxyl groups excluding tert-OH is 1. The standard InChI is InChI=1S/C23H25N6O3Si/c1-27-13-17(12-25-27)21-22-19(23(31)29(14-24-22)33(2)15-30)11-20(26-21)16-3-5-18(6-4-16)28-7-9-32-10-8-28/h3-6,11-14,30H,7-10,15H2,1-2H3. The molecule has 0 unspecified atom stereocenters. The van der Waals surface area contributed by atoms with Crippen LogP contribution in [0.1, 0.15) is 0 Å². The van der Waals surface area contributed by atoms with E-state index in [0.29, 0.717) is 22.3 Å². The van der Waals surface area contributed by atoms with Crippen LogP contribution in [0.2, 0.25) is 6.55 Å². The van der Waals surface area contributed by atoms with E-state index in [1.165, 1.54) is 6.33 Å². The Morgan fingerprint density at radius 2 is 1.91 bits per heavy atom. The molecule has 0 atom stereocenters. The average Bonchev–Trinajstić information content (AvgIpc) is 3.30. The van der Waals surface area contributed by atoms with Crippen LogP contribution in [0.15, 0.2) is 53.8 Å². The number of morpholine rings is 1. The fraction of sp³-hybridized carbons (Fsp3) is 0.304. The van der Waals surface area contributed by atoms with Crippen molar-refractivity contribution in [2.24, 2.45) is 7.05 Å². The Labute approximate surface area is 192 Å². The number of aliphatic hydroxyl groups is 1. The highest BCUT2D eigenvalue weighted by atomic mass is 28.3. The number of ether oxygens (including phenoxy) is 1. The number of benzene rings is 1. The molecule has 169 valence electrons. The van der Waals surface area contributed by atoms with Crippen molar-refractivity contribution >= 4 is 25.5 Å². The summed E-state index contributed by atoms with van der Waals surface area (Å²) in [6.07, 6.45) is 5.06. The fourth-order valence-corrected chi connectivity index (χ4v) is 4.91. The number of pyridine rings is 1. The first-order chi connectivity index (χ1) is 16.0. The predicted octanol–water partition coefficient (Wildman–Crippen LogP) is 1.70. The molecule has 9 nitrogen and oxygen atoms in total. The minimum atomic E-state index is -1.45. The zero-order valence-corrected chi connectivity index (χ0v) is 19.6. The normalized spacial score (nSPS) is 14.4. The van der Waals surface area contributed by atoms with E-state index in [-0.39, 0.29) is 11.8 Å². The van der Waals surface area contributed by atoms with E-state index in [1.54, 1.807) is 21.2 Å². The third-order valence-electron chi connectivity index (χ3n) is 5.90. The summed E-state index contributed by atoms with van der Waals surface area (Å²) in [5, 5.41) is 14.4. The Morgan fingerprint density at radius 1 is 1.15 bits per heavy atom. The number of hydrogen-bond donors (Lipinski definition) is 1. The van der Waals surface area contributed by atoms with Gasteiger partial charge in [-0.1, -0.05) is 12.1 Å². The quantitative estimate of drug-likeness (QED) is 0.452. The second-order valence-corrected chi connectivity index (χ2v) is 10.4. The second kappa shape index (κ2) is 8.89. The van der Waals surface area contributed by atoms with Crippen molar-refractivity contribution < 1.29 is 9.84 Å². The van der Waals surface area contributed by atoms with Crippen LogP contribution in [0.5, 0.6) is 0 Å². The lowest BCUT2D eigenvalue weighted by Gasteiger charge is -2.28. The molecule has 1 aliphatic rings. The Kier molecular flexibility index (Phi) is 5.79. The molecule has 0 saturated carbocycles. The van der Waals surface area contributed by atoms with Crippen molar-refractivity contribution in [2.75, 3.05) is 37.4 Å². The van der Waals surface area contributed by atoms with Gasteiger partial charge in [0, 0.05) is 43.1 Å². The molecule has 0 spiro atoms. The molecule has 1 N–H and O–H groups in total. The van der Waals surface area contributed by atoms with E-state index in [1.807, 2.05) is 31.9 Å². The molecular weight excluding hydrogens is 436 g/mol. The lowest BCUT2D eigenvalue weighted by Crippen LogP contribution is -2.36. The van der Waals surface area contributed by atoms with Crippen molar-refractivity contribution in [1.82, 2.24) is 24.0 Å². The number of nitrogens with zero attached hydrogens (tertiary/aromatic N) is 6. The summed E-state index contributed by atoms with van der Waals surface area (Å²) in [6, 6.07) is 10.0. The molecule has 0 amide bonds. The molecule has 0 bridgehead atoms.